The van der Waals surface area contributed by atoms with E-state index in [-0.39, 0.29) is 21.7 Å². The van der Waals surface area contributed by atoms with Crippen LogP contribution in [0.1, 0.15) is 53.9 Å². The lowest BCUT2D eigenvalue weighted by atomic mass is 9.87. The number of amides is 1. The molecule has 178 valence electrons. The van der Waals surface area contributed by atoms with Gasteiger partial charge in [0.2, 0.25) is 6.10 Å². The van der Waals surface area contributed by atoms with Gasteiger partial charge in [-0.3, -0.25) is 4.79 Å². The highest BCUT2D eigenvalue weighted by molar-refractivity contribution is 6.33. The molecule has 1 unspecified atom stereocenters. The van der Waals surface area contributed by atoms with Crippen LogP contribution in [0.2, 0.25) is 5.02 Å². The molecular formula is C26H23ClF3NO3. The monoisotopic (exact) mass is 489 g/mol. The Balaban J connectivity index is 1.87. The third-order valence-electron chi connectivity index (χ3n) is 5.10. The first kappa shape index (κ1) is 25.3. The van der Waals surface area contributed by atoms with Gasteiger partial charge < -0.3 is 10.1 Å². The quantitative estimate of drug-likeness (QED) is 0.386. The number of esters is 1. The molecule has 1 N–H and O–H groups in total. The molecule has 0 aliphatic carbocycles. The van der Waals surface area contributed by atoms with Gasteiger partial charge in [0.1, 0.15) is 0 Å². The molecule has 0 bridgehead atoms. The SMILES string of the molecule is CC(C)(C)c1ccc(C(=O)OC(C(=O)Nc2cc(C(F)(F)F)ccc2Cl)c2ccccc2)cc1. The molecule has 0 heterocycles. The van der Waals surface area contributed by atoms with Crippen molar-refractivity contribution in [2.75, 3.05) is 5.32 Å². The van der Waals surface area contributed by atoms with Crippen molar-refractivity contribution in [1.82, 2.24) is 0 Å². The van der Waals surface area contributed by atoms with Crippen molar-refractivity contribution in [2.45, 2.75) is 38.5 Å². The lowest BCUT2D eigenvalue weighted by molar-refractivity contribution is -0.137. The first-order valence-corrected chi connectivity index (χ1v) is 10.8. The maximum atomic E-state index is 13.1. The maximum Gasteiger partial charge on any atom is 0.416 e. The Morgan fingerprint density at radius 2 is 1.47 bits per heavy atom. The van der Waals surface area contributed by atoms with Gasteiger partial charge in [-0.1, -0.05) is 74.8 Å². The van der Waals surface area contributed by atoms with Crippen LogP contribution >= 0.6 is 11.6 Å². The molecule has 1 amide bonds. The second-order valence-corrected chi connectivity index (χ2v) is 9.11. The van der Waals surface area contributed by atoms with Crippen LogP contribution in [-0.4, -0.2) is 11.9 Å². The van der Waals surface area contributed by atoms with Gasteiger partial charge in [0.05, 0.1) is 21.8 Å². The van der Waals surface area contributed by atoms with E-state index in [1.807, 2.05) is 20.8 Å². The molecule has 3 aromatic carbocycles. The summed E-state index contributed by atoms with van der Waals surface area (Å²) in [6, 6.07) is 17.6. The van der Waals surface area contributed by atoms with Crippen LogP contribution in [0.4, 0.5) is 18.9 Å². The van der Waals surface area contributed by atoms with Gasteiger partial charge >= 0.3 is 12.1 Å². The van der Waals surface area contributed by atoms with E-state index < -0.39 is 29.7 Å². The number of hydrogen-bond acceptors (Lipinski definition) is 3. The summed E-state index contributed by atoms with van der Waals surface area (Å²) in [5, 5.41) is 2.27. The molecule has 0 saturated heterocycles. The van der Waals surface area contributed by atoms with Gasteiger partial charge in [-0.25, -0.2) is 4.79 Å². The van der Waals surface area contributed by atoms with E-state index in [2.05, 4.69) is 5.32 Å². The van der Waals surface area contributed by atoms with Gasteiger partial charge in [-0.05, 0) is 41.3 Å². The van der Waals surface area contributed by atoms with Crippen molar-refractivity contribution >= 4 is 29.2 Å². The summed E-state index contributed by atoms with van der Waals surface area (Å²) in [6.07, 6.45) is -6.03. The fourth-order valence-electron chi connectivity index (χ4n) is 3.18. The fourth-order valence-corrected chi connectivity index (χ4v) is 3.34. The molecule has 0 fully saturated rings. The Morgan fingerprint density at radius 3 is 2.03 bits per heavy atom. The van der Waals surface area contributed by atoms with Crippen molar-refractivity contribution in [3.8, 4) is 0 Å². The van der Waals surface area contributed by atoms with Crippen LogP contribution in [0, 0.1) is 0 Å². The third-order valence-corrected chi connectivity index (χ3v) is 5.43. The van der Waals surface area contributed by atoms with E-state index in [0.29, 0.717) is 5.56 Å². The summed E-state index contributed by atoms with van der Waals surface area (Å²) in [4.78, 5) is 25.9. The zero-order valence-corrected chi connectivity index (χ0v) is 19.5. The number of nitrogens with one attached hydrogen (secondary N) is 1. The lowest BCUT2D eigenvalue weighted by Gasteiger charge is -2.20. The molecule has 0 radical (unpaired) electrons. The average molecular weight is 490 g/mol. The largest absolute Gasteiger partial charge is 0.444 e. The highest BCUT2D eigenvalue weighted by Gasteiger charge is 2.32. The predicted molar refractivity (Wildman–Crippen MR) is 125 cm³/mol. The molecule has 1 atom stereocenters. The number of anilines is 1. The van der Waals surface area contributed by atoms with Gasteiger partial charge in [0.15, 0.2) is 0 Å². The van der Waals surface area contributed by atoms with E-state index in [9.17, 15) is 22.8 Å². The number of carbonyl (C=O) groups is 2. The highest BCUT2D eigenvalue weighted by Crippen LogP contribution is 2.34. The summed E-state index contributed by atoms with van der Waals surface area (Å²) in [5.74, 6) is -1.59. The van der Waals surface area contributed by atoms with Crippen molar-refractivity contribution in [3.05, 3.63) is 100 Å². The van der Waals surface area contributed by atoms with Gasteiger partial charge in [-0.2, -0.15) is 13.2 Å². The molecule has 4 nitrogen and oxygen atoms in total. The fraction of sp³-hybridized carbons (Fsp3) is 0.231. The number of ether oxygens (including phenoxy) is 1. The minimum absolute atomic E-state index is 0.0859. The molecule has 3 aromatic rings. The Hall–Kier alpha value is -3.32. The molecular weight excluding hydrogens is 467 g/mol. The van der Waals surface area contributed by atoms with E-state index >= 15 is 0 Å². The Bertz CT molecular complexity index is 1170. The lowest BCUT2D eigenvalue weighted by Crippen LogP contribution is -2.26. The zero-order valence-electron chi connectivity index (χ0n) is 18.7. The smallest absolute Gasteiger partial charge is 0.416 e. The summed E-state index contributed by atoms with van der Waals surface area (Å²) < 4.78 is 44.8. The van der Waals surface area contributed by atoms with E-state index in [1.54, 1.807) is 54.6 Å². The molecule has 0 aliphatic heterocycles. The van der Waals surface area contributed by atoms with Gasteiger partial charge in [0.25, 0.3) is 5.91 Å². The van der Waals surface area contributed by atoms with Crippen LogP contribution in [0.3, 0.4) is 0 Å². The Labute approximate surface area is 200 Å². The number of carbonyl (C=O) groups excluding carboxylic acids is 2. The second-order valence-electron chi connectivity index (χ2n) is 8.71. The van der Waals surface area contributed by atoms with Gasteiger partial charge in [0, 0.05) is 5.56 Å². The number of rotatable bonds is 5. The summed E-state index contributed by atoms with van der Waals surface area (Å²) in [7, 11) is 0. The van der Waals surface area contributed by atoms with Crippen LogP contribution in [0.5, 0.6) is 0 Å². The van der Waals surface area contributed by atoms with Crippen molar-refractivity contribution < 1.29 is 27.5 Å². The Kier molecular flexibility index (Phi) is 7.36. The minimum atomic E-state index is -4.62. The Morgan fingerprint density at radius 1 is 0.882 bits per heavy atom. The first-order valence-electron chi connectivity index (χ1n) is 10.4. The van der Waals surface area contributed by atoms with Crippen molar-refractivity contribution in [1.29, 1.82) is 0 Å². The number of alkyl halides is 3. The number of benzene rings is 3. The molecule has 0 spiro atoms. The summed E-state index contributed by atoms with van der Waals surface area (Å²) in [5.41, 5.74) is 0.272. The summed E-state index contributed by atoms with van der Waals surface area (Å²) in [6.45, 7) is 6.11. The number of hydrogen-bond donors (Lipinski definition) is 1. The molecule has 0 saturated carbocycles. The van der Waals surface area contributed by atoms with E-state index in [0.717, 1.165) is 23.8 Å². The molecule has 34 heavy (non-hydrogen) atoms. The molecule has 3 rings (SSSR count). The highest BCUT2D eigenvalue weighted by atomic mass is 35.5. The van der Waals surface area contributed by atoms with Crippen LogP contribution in [-0.2, 0) is 21.1 Å². The summed E-state index contributed by atoms with van der Waals surface area (Å²) >= 11 is 6.00. The van der Waals surface area contributed by atoms with Crippen LogP contribution in [0.15, 0.2) is 72.8 Å². The van der Waals surface area contributed by atoms with Gasteiger partial charge in [-0.15, -0.1) is 0 Å². The molecule has 0 aliphatic rings. The normalized spacial score (nSPS) is 12.7. The molecule has 0 aromatic heterocycles. The third kappa shape index (κ3) is 6.17. The first-order chi connectivity index (χ1) is 15.9. The molecule has 8 heteroatoms. The van der Waals surface area contributed by atoms with Crippen LogP contribution < -0.4 is 5.32 Å². The van der Waals surface area contributed by atoms with E-state index in [4.69, 9.17) is 16.3 Å². The maximum absolute atomic E-state index is 13.1. The van der Waals surface area contributed by atoms with E-state index in [1.165, 1.54) is 0 Å². The standard InChI is InChI=1S/C26H23ClF3NO3/c1-25(2,3)18-11-9-17(10-12-18)24(33)34-22(16-7-5-4-6-8-16)23(32)31-21-15-19(26(28,29)30)13-14-20(21)27/h4-15,22H,1-3H3,(H,31,32). The number of halogens is 4. The topological polar surface area (TPSA) is 55.4 Å². The van der Waals surface area contributed by atoms with Crippen LogP contribution in [0.25, 0.3) is 0 Å². The van der Waals surface area contributed by atoms with Crippen molar-refractivity contribution in [3.63, 3.8) is 0 Å². The second kappa shape index (κ2) is 9.89. The zero-order chi connectivity index (χ0) is 25.1. The average Bonchev–Trinajstić information content (AvgIpc) is 2.78. The minimum Gasteiger partial charge on any atom is -0.444 e. The predicted octanol–water partition coefficient (Wildman–Crippen LogP) is 7.19. The van der Waals surface area contributed by atoms with Crippen molar-refractivity contribution in [2.24, 2.45) is 0 Å².